The molecule has 0 radical (unpaired) electrons. The second-order valence-corrected chi connectivity index (χ2v) is 5.90. The van der Waals surface area contributed by atoms with E-state index in [4.69, 9.17) is 11.6 Å². The largest absolute Gasteiger partial charge is 0.320 e. The summed E-state index contributed by atoms with van der Waals surface area (Å²) in [6.45, 7) is 0.841. The van der Waals surface area contributed by atoms with Crippen molar-refractivity contribution in [2.45, 2.75) is 11.3 Å². The third kappa shape index (κ3) is 4.43. The molecule has 0 fully saturated rings. The minimum Gasteiger partial charge on any atom is -0.320 e. The number of sulfonamides is 1. The van der Waals surface area contributed by atoms with Gasteiger partial charge in [0.25, 0.3) is 5.69 Å². The molecule has 0 spiro atoms. The second kappa shape index (κ2) is 6.80. The van der Waals surface area contributed by atoms with Crippen LogP contribution < -0.4 is 10.0 Å². The number of nitrogens with zero attached hydrogens (tertiary/aromatic N) is 1. The highest BCUT2D eigenvalue weighted by Crippen LogP contribution is 2.26. The molecule has 0 aliphatic rings. The Balaban J connectivity index is 2.98. The van der Waals surface area contributed by atoms with E-state index in [0.29, 0.717) is 13.0 Å². The lowest BCUT2D eigenvalue weighted by Gasteiger charge is -2.07. The van der Waals surface area contributed by atoms with Crippen LogP contribution in [0.15, 0.2) is 23.1 Å². The van der Waals surface area contributed by atoms with E-state index in [-0.39, 0.29) is 16.5 Å². The quantitative estimate of drug-likeness (QED) is 0.447. The van der Waals surface area contributed by atoms with Gasteiger partial charge in [0, 0.05) is 17.6 Å². The zero-order valence-electron chi connectivity index (χ0n) is 10.2. The predicted molar refractivity (Wildman–Crippen MR) is 71.8 cm³/mol. The average molecular weight is 308 g/mol. The van der Waals surface area contributed by atoms with Crippen molar-refractivity contribution in [1.82, 2.24) is 10.0 Å². The molecule has 0 atom stereocenters. The zero-order valence-corrected chi connectivity index (χ0v) is 11.8. The number of nitrogens with one attached hydrogen (secondary N) is 2. The van der Waals surface area contributed by atoms with Crippen molar-refractivity contribution in [3.63, 3.8) is 0 Å². The first-order valence-corrected chi connectivity index (χ1v) is 7.33. The summed E-state index contributed by atoms with van der Waals surface area (Å²) in [5, 5.41) is 13.8. The second-order valence-electron chi connectivity index (χ2n) is 3.72. The predicted octanol–water partition coefficient (Wildman–Crippen LogP) is 1.14. The smallest absolute Gasteiger partial charge is 0.290 e. The zero-order chi connectivity index (χ0) is 14.5. The van der Waals surface area contributed by atoms with Crippen LogP contribution in [0.5, 0.6) is 0 Å². The van der Waals surface area contributed by atoms with Gasteiger partial charge in [-0.3, -0.25) is 10.1 Å². The maximum atomic E-state index is 12.0. The molecule has 0 aromatic heterocycles. The van der Waals surface area contributed by atoms with Gasteiger partial charge in [0.15, 0.2) is 4.90 Å². The Hall–Kier alpha value is -1.22. The van der Waals surface area contributed by atoms with Crippen molar-refractivity contribution < 1.29 is 13.3 Å². The van der Waals surface area contributed by atoms with Crippen molar-refractivity contribution in [2.24, 2.45) is 0 Å². The van der Waals surface area contributed by atoms with E-state index in [2.05, 4.69) is 10.0 Å². The van der Waals surface area contributed by atoms with E-state index >= 15 is 0 Å². The van der Waals surface area contributed by atoms with E-state index in [9.17, 15) is 18.5 Å². The van der Waals surface area contributed by atoms with Gasteiger partial charge in [-0.2, -0.15) is 0 Å². The molecule has 7 nitrogen and oxygen atoms in total. The van der Waals surface area contributed by atoms with Crippen LogP contribution in [-0.4, -0.2) is 33.5 Å². The van der Waals surface area contributed by atoms with Gasteiger partial charge in [-0.15, -0.1) is 0 Å². The molecule has 2 N–H and O–H groups in total. The third-order valence-corrected chi connectivity index (χ3v) is 4.05. The minimum absolute atomic E-state index is 0.112. The minimum atomic E-state index is -3.91. The fourth-order valence-electron chi connectivity index (χ4n) is 1.41. The number of hydrogen-bond donors (Lipinski definition) is 2. The third-order valence-electron chi connectivity index (χ3n) is 2.30. The van der Waals surface area contributed by atoms with Gasteiger partial charge in [0.05, 0.1) is 4.92 Å². The van der Waals surface area contributed by atoms with Gasteiger partial charge in [0.1, 0.15) is 0 Å². The Morgan fingerprint density at radius 2 is 2.05 bits per heavy atom. The van der Waals surface area contributed by atoms with E-state index in [1.807, 2.05) is 0 Å². The monoisotopic (exact) mass is 307 g/mol. The van der Waals surface area contributed by atoms with Crippen LogP contribution in [0.1, 0.15) is 6.42 Å². The van der Waals surface area contributed by atoms with Crippen LogP contribution in [0.2, 0.25) is 5.02 Å². The molecule has 0 saturated heterocycles. The summed E-state index contributed by atoms with van der Waals surface area (Å²) >= 11 is 5.63. The summed E-state index contributed by atoms with van der Waals surface area (Å²) in [4.78, 5) is 9.69. The van der Waals surface area contributed by atoms with Crippen LogP contribution >= 0.6 is 11.6 Å². The maximum Gasteiger partial charge on any atom is 0.290 e. The number of nitro benzene ring substituents is 1. The van der Waals surface area contributed by atoms with Crippen LogP contribution in [0, 0.1) is 10.1 Å². The van der Waals surface area contributed by atoms with E-state index in [1.165, 1.54) is 6.07 Å². The van der Waals surface area contributed by atoms with Crippen LogP contribution in [0.25, 0.3) is 0 Å². The van der Waals surface area contributed by atoms with Gasteiger partial charge < -0.3 is 5.32 Å². The molecule has 0 bridgehead atoms. The number of halogens is 1. The van der Waals surface area contributed by atoms with Crippen molar-refractivity contribution in [1.29, 1.82) is 0 Å². The Bertz CT molecular complexity index is 562. The van der Waals surface area contributed by atoms with E-state index in [1.54, 1.807) is 7.05 Å². The standard InChI is InChI=1S/C10H14ClN3O4S/c1-12-5-2-6-13-19(17,18)10-4-3-8(11)7-9(10)14(15)16/h3-4,7,12-13H,2,5-6H2,1H3. The van der Waals surface area contributed by atoms with Crippen molar-refractivity contribution in [3.8, 4) is 0 Å². The first-order chi connectivity index (χ1) is 8.88. The summed E-state index contributed by atoms with van der Waals surface area (Å²) in [6, 6.07) is 3.45. The molecule has 0 unspecified atom stereocenters. The highest BCUT2D eigenvalue weighted by Gasteiger charge is 2.25. The Labute approximate surface area is 116 Å². The summed E-state index contributed by atoms with van der Waals surface area (Å²) in [7, 11) is -2.16. The number of rotatable bonds is 7. The molecular formula is C10H14ClN3O4S. The Kier molecular flexibility index (Phi) is 5.67. The molecular weight excluding hydrogens is 294 g/mol. The Morgan fingerprint density at radius 3 is 2.63 bits per heavy atom. The summed E-state index contributed by atoms with van der Waals surface area (Å²) < 4.78 is 26.2. The van der Waals surface area contributed by atoms with Crippen LogP contribution in [0.3, 0.4) is 0 Å². The van der Waals surface area contributed by atoms with Gasteiger partial charge >= 0.3 is 0 Å². The summed E-state index contributed by atoms with van der Waals surface area (Å²) in [5.74, 6) is 0. The highest BCUT2D eigenvalue weighted by molar-refractivity contribution is 7.89. The molecule has 19 heavy (non-hydrogen) atoms. The lowest BCUT2D eigenvalue weighted by atomic mass is 10.3. The van der Waals surface area contributed by atoms with Crippen LogP contribution in [-0.2, 0) is 10.0 Å². The topological polar surface area (TPSA) is 101 Å². The first-order valence-electron chi connectivity index (χ1n) is 5.46. The molecule has 0 amide bonds. The fourth-order valence-corrected chi connectivity index (χ4v) is 2.80. The molecule has 0 heterocycles. The molecule has 0 saturated carbocycles. The summed E-state index contributed by atoms with van der Waals surface area (Å²) in [6.07, 6.45) is 0.580. The van der Waals surface area contributed by atoms with Gasteiger partial charge in [-0.25, -0.2) is 13.1 Å². The molecule has 1 aromatic rings. The van der Waals surface area contributed by atoms with Crippen molar-refractivity contribution in [2.75, 3.05) is 20.1 Å². The van der Waals surface area contributed by atoms with Crippen molar-refractivity contribution in [3.05, 3.63) is 33.3 Å². The number of nitro groups is 1. The van der Waals surface area contributed by atoms with Crippen molar-refractivity contribution >= 4 is 27.3 Å². The molecule has 1 rings (SSSR count). The average Bonchev–Trinajstić information content (AvgIpc) is 2.34. The molecule has 106 valence electrons. The van der Waals surface area contributed by atoms with Crippen LogP contribution in [0.4, 0.5) is 5.69 Å². The van der Waals surface area contributed by atoms with Gasteiger partial charge in [0.2, 0.25) is 10.0 Å². The van der Waals surface area contributed by atoms with E-state index < -0.39 is 20.6 Å². The highest BCUT2D eigenvalue weighted by atomic mass is 35.5. The molecule has 1 aromatic carbocycles. The number of hydrogen-bond acceptors (Lipinski definition) is 5. The van der Waals surface area contributed by atoms with E-state index in [0.717, 1.165) is 12.1 Å². The normalized spacial score (nSPS) is 11.5. The number of benzene rings is 1. The Morgan fingerprint density at radius 1 is 1.37 bits per heavy atom. The molecule has 9 heteroatoms. The first kappa shape index (κ1) is 15.8. The lowest BCUT2D eigenvalue weighted by Crippen LogP contribution is -2.27. The lowest BCUT2D eigenvalue weighted by molar-refractivity contribution is -0.387. The molecule has 0 aliphatic carbocycles. The van der Waals surface area contributed by atoms with Gasteiger partial charge in [-0.05, 0) is 32.1 Å². The molecule has 0 aliphatic heterocycles. The summed E-state index contributed by atoms with van der Waals surface area (Å²) in [5.41, 5.74) is -0.534. The fraction of sp³-hybridized carbons (Fsp3) is 0.400. The van der Waals surface area contributed by atoms with Gasteiger partial charge in [-0.1, -0.05) is 11.6 Å². The maximum absolute atomic E-state index is 12.0. The SMILES string of the molecule is CNCCCNS(=O)(=O)c1ccc(Cl)cc1[N+](=O)[O-].